The summed E-state index contributed by atoms with van der Waals surface area (Å²) in [6.07, 6.45) is 0. The minimum absolute atomic E-state index is 0.0865. The Labute approximate surface area is 139 Å². The molecule has 0 aliphatic carbocycles. The number of aromatic nitrogens is 1. The summed E-state index contributed by atoms with van der Waals surface area (Å²) >= 11 is 0. The number of para-hydroxylation sites is 1. The van der Waals surface area contributed by atoms with Crippen LogP contribution in [0.25, 0.3) is 0 Å². The molecule has 0 radical (unpaired) electrons. The van der Waals surface area contributed by atoms with Gasteiger partial charge in [-0.3, -0.25) is 19.7 Å². The van der Waals surface area contributed by atoms with Crippen molar-refractivity contribution in [2.24, 2.45) is 0 Å². The molecule has 0 saturated heterocycles. The van der Waals surface area contributed by atoms with Crippen molar-refractivity contribution >= 4 is 23.1 Å². The third-order valence-corrected chi connectivity index (χ3v) is 2.99. The number of hydrogen-bond donors (Lipinski definition) is 1. The number of nitrogens with zero attached hydrogens (tertiary/aromatic N) is 2. The van der Waals surface area contributed by atoms with Gasteiger partial charge in [0, 0.05) is 18.7 Å². The fourth-order valence-electron chi connectivity index (χ4n) is 1.94. The molecular weight excluding hydrogens is 310 g/mol. The second-order valence-electron chi connectivity index (χ2n) is 4.62. The van der Waals surface area contributed by atoms with E-state index in [0.717, 1.165) is 6.07 Å². The molecule has 0 saturated carbocycles. The van der Waals surface area contributed by atoms with Crippen molar-refractivity contribution in [2.45, 2.75) is 27.7 Å². The summed E-state index contributed by atoms with van der Waals surface area (Å²) in [6, 6.07) is 9.67. The van der Waals surface area contributed by atoms with Crippen LogP contribution in [-0.2, 0) is 0 Å². The lowest BCUT2D eigenvalue weighted by molar-refractivity contribution is -0.385. The van der Waals surface area contributed by atoms with Crippen LogP contribution in [0.3, 0.4) is 0 Å². The van der Waals surface area contributed by atoms with Gasteiger partial charge >= 0.3 is 0 Å². The average Bonchev–Trinajstić information content (AvgIpc) is 2.56. The van der Waals surface area contributed by atoms with Crippen LogP contribution >= 0.6 is 0 Å². The predicted octanol–water partition coefficient (Wildman–Crippen LogP) is 3.78. The number of amides is 1. The first-order chi connectivity index (χ1) is 11.4. The van der Waals surface area contributed by atoms with E-state index < -0.39 is 16.6 Å². The molecule has 1 amide bonds. The SMILES string of the molecule is CC.CC(=O)c1nc(C)c([N+](=O)[O-])cc1C(=O)Nc1ccccc1. The standard InChI is InChI=1S/C15H13N3O4.C2H6/c1-9-13(18(21)22)8-12(14(16-9)10(2)19)15(20)17-11-6-4-3-5-7-11;1-2/h3-8H,1-2H3,(H,17,20);1-2H3. The Kier molecular flexibility index (Phi) is 6.73. The lowest BCUT2D eigenvalue weighted by Crippen LogP contribution is -2.18. The summed E-state index contributed by atoms with van der Waals surface area (Å²) in [7, 11) is 0. The molecule has 0 aliphatic rings. The molecule has 1 aromatic heterocycles. The highest BCUT2D eigenvalue weighted by atomic mass is 16.6. The first-order valence-electron chi connectivity index (χ1n) is 7.43. The van der Waals surface area contributed by atoms with E-state index in [9.17, 15) is 19.7 Å². The largest absolute Gasteiger partial charge is 0.322 e. The summed E-state index contributed by atoms with van der Waals surface area (Å²) in [6.45, 7) is 6.68. The topological polar surface area (TPSA) is 102 Å². The van der Waals surface area contributed by atoms with E-state index in [2.05, 4.69) is 10.3 Å². The van der Waals surface area contributed by atoms with Gasteiger partial charge < -0.3 is 5.32 Å². The van der Waals surface area contributed by atoms with E-state index in [0.29, 0.717) is 5.69 Å². The van der Waals surface area contributed by atoms with Crippen molar-refractivity contribution in [3.8, 4) is 0 Å². The number of carbonyl (C=O) groups is 2. The van der Waals surface area contributed by atoms with Crippen LogP contribution in [0.5, 0.6) is 0 Å². The van der Waals surface area contributed by atoms with Crippen molar-refractivity contribution in [3.63, 3.8) is 0 Å². The zero-order valence-corrected chi connectivity index (χ0v) is 14.0. The maximum atomic E-state index is 12.3. The van der Waals surface area contributed by atoms with Crippen molar-refractivity contribution in [1.82, 2.24) is 4.98 Å². The Morgan fingerprint density at radius 2 is 1.75 bits per heavy atom. The molecule has 0 unspecified atom stereocenters. The summed E-state index contributed by atoms with van der Waals surface area (Å²) < 4.78 is 0. The van der Waals surface area contributed by atoms with Crippen LogP contribution in [0.1, 0.15) is 47.3 Å². The molecule has 7 heteroatoms. The summed E-state index contributed by atoms with van der Waals surface area (Å²) in [5.41, 5.74) is 0.102. The lowest BCUT2D eigenvalue weighted by Gasteiger charge is -2.09. The highest BCUT2D eigenvalue weighted by molar-refractivity contribution is 6.11. The maximum absolute atomic E-state index is 12.3. The number of hydrogen-bond acceptors (Lipinski definition) is 5. The fraction of sp³-hybridized carbons (Fsp3) is 0.235. The monoisotopic (exact) mass is 329 g/mol. The predicted molar refractivity (Wildman–Crippen MR) is 91.4 cm³/mol. The lowest BCUT2D eigenvalue weighted by atomic mass is 10.1. The highest BCUT2D eigenvalue weighted by Crippen LogP contribution is 2.21. The Hall–Kier alpha value is -3.09. The van der Waals surface area contributed by atoms with Gasteiger partial charge in [0.05, 0.1) is 10.5 Å². The first-order valence-corrected chi connectivity index (χ1v) is 7.43. The molecule has 0 spiro atoms. The smallest absolute Gasteiger partial charge is 0.291 e. The van der Waals surface area contributed by atoms with Gasteiger partial charge in [0.25, 0.3) is 11.6 Å². The van der Waals surface area contributed by atoms with E-state index >= 15 is 0 Å². The highest BCUT2D eigenvalue weighted by Gasteiger charge is 2.23. The Morgan fingerprint density at radius 1 is 1.17 bits per heavy atom. The molecule has 1 N–H and O–H groups in total. The van der Waals surface area contributed by atoms with Crippen LogP contribution in [-0.4, -0.2) is 21.6 Å². The number of anilines is 1. The summed E-state index contributed by atoms with van der Waals surface area (Å²) in [5, 5.41) is 13.6. The molecule has 24 heavy (non-hydrogen) atoms. The molecule has 2 rings (SSSR count). The second kappa shape index (κ2) is 8.52. The number of benzene rings is 1. The van der Waals surface area contributed by atoms with Crippen LogP contribution < -0.4 is 5.32 Å². The van der Waals surface area contributed by atoms with E-state index in [1.165, 1.54) is 13.8 Å². The number of aryl methyl sites for hydroxylation is 1. The number of Topliss-reactive ketones (excluding diaryl/α,β-unsaturated/α-hetero) is 1. The molecule has 7 nitrogen and oxygen atoms in total. The van der Waals surface area contributed by atoms with Gasteiger partial charge in [-0.15, -0.1) is 0 Å². The molecular formula is C17H19N3O4. The number of nitro groups is 1. The quantitative estimate of drug-likeness (QED) is 0.522. The van der Waals surface area contributed by atoms with Crippen molar-refractivity contribution in [1.29, 1.82) is 0 Å². The van der Waals surface area contributed by atoms with Crippen LogP contribution in [0.4, 0.5) is 11.4 Å². The van der Waals surface area contributed by atoms with Gasteiger partial charge in [0.15, 0.2) is 5.78 Å². The molecule has 2 aromatic rings. The fourth-order valence-corrected chi connectivity index (χ4v) is 1.94. The van der Waals surface area contributed by atoms with E-state index in [1.807, 2.05) is 13.8 Å². The van der Waals surface area contributed by atoms with Gasteiger partial charge in [-0.2, -0.15) is 0 Å². The number of rotatable bonds is 4. The zero-order chi connectivity index (χ0) is 18.3. The van der Waals surface area contributed by atoms with Crippen molar-refractivity contribution < 1.29 is 14.5 Å². The third kappa shape index (κ3) is 4.45. The normalized spacial score (nSPS) is 9.50. The molecule has 0 atom stereocenters. The first kappa shape index (κ1) is 19.0. The Bertz CT molecular complexity index is 758. The summed E-state index contributed by atoms with van der Waals surface area (Å²) in [4.78, 5) is 38.2. The number of ketones is 1. The Morgan fingerprint density at radius 3 is 2.25 bits per heavy atom. The van der Waals surface area contributed by atoms with Crippen LogP contribution in [0.2, 0.25) is 0 Å². The summed E-state index contributed by atoms with van der Waals surface area (Å²) in [5.74, 6) is -1.05. The van der Waals surface area contributed by atoms with Gasteiger partial charge in [-0.25, -0.2) is 4.98 Å². The molecule has 0 fully saturated rings. The van der Waals surface area contributed by atoms with E-state index in [1.54, 1.807) is 30.3 Å². The number of carbonyl (C=O) groups excluding carboxylic acids is 2. The molecule has 1 heterocycles. The zero-order valence-electron chi connectivity index (χ0n) is 14.0. The van der Waals surface area contributed by atoms with Gasteiger partial charge in [-0.1, -0.05) is 32.0 Å². The number of pyridine rings is 1. The third-order valence-electron chi connectivity index (χ3n) is 2.99. The molecule has 1 aromatic carbocycles. The van der Waals surface area contributed by atoms with Gasteiger partial charge in [-0.05, 0) is 19.1 Å². The molecule has 0 bridgehead atoms. The second-order valence-corrected chi connectivity index (χ2v) is 4.62. The van der Waals surface area contributed by atoms with E-state index in [-0.39, 0.29) is 22.6 Å². The minimum Gasteiger partial charge on any atom is -0.322 e. The Balaban J connectivity index is 0.00000139. The molecule has 0 aliphatic heterocycles. The van der Waals surface area contributed by atoms with Gasteiger partial charge in [0.1, 0.15) is 11.4 Å². The average molecular weight is 329 g/mol. The van der Waals surface area contributed by atoms with Crippen molar-refractivity contribution in [3.05, 3.63) is 63.5 Å². The van der Waals surface area contributed by atoms with Gasteiger partial charge in [0.2, 0.25) is 0 Å². The van der Waals surface area contributed by atoms with Crippen molar-refractivity contribution in [2.75, 3.05) is 5.32 Å². The van der Waals surface area contributed by atoms with Crippen LogP contribution in [0, 0.1) is 17.0 Å². The molecule has 126 valence electrons. The maximum Gasteiger partial charge on any atom is 0.291 e. The minimum atomic E-state index is -0.633. The number of nitrogens with one attached hydrogen (secondary N) is 1. The van der Waals surface area contributed by atoms with E-state index in [4.69, 9.17) is 0 Å². The van der Waals surface area contributed by atoms with Crippen LogP contribution in [0.15, 0.2) is 36.4 Å².